The van der Waals surface area contributed by atoms with Crippen LogP contribution in [0.4, 0.5) is 22.8 Å². The Kier molecular flexibility index (Phi) is 9.83. The lowest BCUT2D eigenvalue weighted by Crippen LogP contribution is -2.30. The molecule has 0 aromatic heterocycles. The van der Waals surface area contributed by atoms with Crippen molar-refractivity contribution in [3.05, 3.63) is 58.3 Å². The molecule has 11 nitrogen and oxygen atoms in total. The number of carbonyl (C=O) groups is 2. The van der Waals surface area contributed by atoms with E-state index in [4.69, 9.17) is 18.9 Å². The highest BCUT2D eigenvalue weighted by atomic mass is 32.2. The molecule has 0 radical (unpaired) electrons. The molecule has 1 aromatic rings. The van der Waals surface area contributed by atoms with E-state index < -0.39 is 74.4 Å². The monoisotopic (exact) mass is 585 g/mol. The Morgan fingerprint density at radius 3 is 1.71 bits per heavy atom. The third-order valence-electron chi connectivity index (χ3n) is 4.92. The molecule has 0 bridgehead atoms. The van der Waals surface area contributed by atoms with Crippen LogP contribution in [0.5, 0.6) is 0 Å². The van der Waals surface area contributed by atoms with Crippen molar-refractivity contribution in [2.75, 3.05) is 37.2 Å². The fraction of sp³-hybridized carbons (Fsp3) is 0.455. The van der Waals surface area contributed by atoms with Crippen LogP contribution in [0, 0.1) is 0 Å². The molecular weight excluding hydrogens is 559 g/mol. The molecule has 16 heteroatoms. The lowest BCUT2D eigenvalue weighted by atomic mass is 9.89. The fourth-order valence-electron chi connectivity index (χ4n) is 3.22. The summed E-state index contributed by atoms with van der Waals surface area (Å²) in [5.74, 6) is -2.97. The second kappa shape index (κ2) is 12.1. The number of nitrogens with one attached hydrogen (secondary N) is 1. The predicted molar refractivity (Wildman–Crippen MR) is 127 cm³/mol. The van der Waals surface area contributed by atoms with Crippen LogP contribution in [0.15, 0.2) is 47.2 Å². The maximum absolute atomic E-state index is 13.4. The van der Waals surface area contributed by atoms with Crippen LogP contribution in [-0.2, 0) is 44.8 Å². The Bertz CT molecular complexity index is 1280. The molecule has 1 N–H and O–H groups in total. The molecule has 0 saturated carbocycles. The minimum Gasteiger partial charge on any atom is -0.433 e. The summed E-state index contributed by atoms with van der Waals surface area (Å²) in [6.45, 7) is 1.78. The van der Waals surface area contributed by atoms with Crippen molar-refractivity contribution in [3.63, 3.8) is 0 Å². The van der Waals surface area contributed by atoms with Gasteiger partial charge in [0.2, 0.25) is 0 Å². The number of halogens is 3. The van der Waals surface area contributed by atoms with Crippen molar-refractivity contribution in [3.8, 4) is 0 Å². The van der Waals surface area contributed by atoms with Crippen molar-refractivity contribution >= 4 is 32.0 Å². The number of dihydropyridines is 1. The molecule has 0 aliphatic carbocycles. The zero-order chi connectivity index (χ0) is 28.9. The molecule has 38 heavy (non-hydrogen) atoms. The first-order valence-corrected chi connectivity index (χ1v) is 14.9. The van der Waals surface area contributed by atoms with E-state index in [1.54, 1.807) is 0 Å². The van der Waals surface area contributed by atoms with Crippen molar-refractivity contribution < 1.29 is 58.5 Å². The number of allylic oxidation sites excluding steroid dienone is 2. The van der Waals surface area contributed by atoms with E-state index >= 15 is 0 Å². The van der Waals surface area contributed by atoms with Crippen LogP contribution in [0.2, 0.25) is 0 Å². The number of carbonyl (C=O) groups excluding carboxylic acids is 2. The van der Waals surface area contributed by atoms with Crippen LogP contribution < -0.4 is 5.32 Å². The molecule has 1 aromatic carbocycles. The SMILES string of the molecule is CC1=C(OC(=O)OCCS(C)(=O)=O)C(c2cccc(C(F)(F)F)c2)C(OC(=O)OCCS(C)(=O)=O)=C(C)N1. The van der Waals surface area contributed by atoms with Gasteiger partial charge in [-0.2, -0.15) is 13.2 Å². The number of alkyl halides is 3. The van der Waals surface area contributed by atoms with Crippen LogP contribution in [0.1, 0.15) is 30.9 Å². The van der Waals surface area contributed by atoms with Gasteiger partial charge in [0.25, 0.3) is 0 Å². The van der Waals surface area contributed by atoms with Crippen LogP contribution in [-0.4, -0.2) is 66.4 Å². The van der Waals surface area contributed by atoms with Crippen molar-refractivity contribution in [1.82, 2.24) is 5.32 Å². The highest BCUT2D eigenvalue weighted by molar-refractivity contribution is 7.90. The summed E-state index contributed by atoms with van der Waals surface area (Å²) in [5.41, 5.74) is -0.808. The number of benzene rings is 1. The Labute approximate surface area is 217 Å². The highest BCUT2D eigenvalue weighted by Gasteiger charge is 2.38. The van der Waals surface area contributed by atoms with Gasteiger partial charge in [0.15, 0.2) is 19.7 Å². The summed E-state index contributed by atoms with van der Waals surface area (Å²) in [6, 6.07) is 3.97. The Morgan fingerprint density at radius 1 is 0.868 bits per heavy atom. The summed E-state index contributed by atoms with van der Waals surface area (Å²) in [5, 5.41) is 2.78. The normalized spacial score (nSPS) is 15.1. The molecule has 0 atom stereocenters. The molecule has 0 saturated heterocycles. The summed E-state index contributed by atoms with van der Waals surface area (Å²) < 4.78 is 105. The van der Waals surface area contributed by atoms with E-state index in [1.807, 2.05) is 0 Å². The van der Waals surface area contributed by atoms with Crippen molar-refractivity contribution in [2.45, 2.75) is 25.9 Å². The summed E-state index contributed by atoms with van der Waals surface area (Å²) >= 11 is 0. The first-order chi connectivity index (χ1) is 17.4. The number of sulfone groups is 2. The molecule has 212 valence electrons. The van der Waals surface area contributed by atoms with Crippen molar-refractivity contribution in [2.24, 2.45) is 0 Å². The van der Waals surface area contributed by atoms with Gasteiger partial charge in [-0.15, -0.1) is 0 Å². The fourth-order valence-corrected chi connectivity index (χ4v) is 3.99. The Balaban J connectivity index is 2.42. The van der Waals surface area contributed by atoms with E-state index in [2.05, 4.69) is 5.32 Å². The van der Waals surface area contributed by atoms with Crippen molar-refractivity contribution in [1.29, 1.82) is 0 Å². The molecule has 0 spiro atoms. The first kappa shape index (κ1) is 31.0. The quantitative estimate of drug-likeness (QED) is 0.425. The number of rotatable bonds is 9. The van der Waals surface area contributed by atoms with Gasteiger partial charge in [-0.05, 0) is 25.5 Å². The smallest absolute Gasteiger partial charge is 0.433 e. The van der Waals surface area contributed by atoms with Crippen LogP contribution in [0.25, 0.3) is 0 Å². The number of hydrogen-bond acceptors (Lipinski definition) is 11. The largest absolute Gasteiger partial charge is 0.513 e. The minimum atomic E-state index is -4.72. The number of ether oxygens (including phenoxy) is 4. The van der Waals surface area contributed by atoms with Gasteiger partial charge in [-0.25, -0.2) is 26.4 Å². The van der Waals surface area contributed by atoms with Gasteiger partial charge in [-0.1, -0.05) is 18.2 Å². The Hall–Kier alpha value is -3.27. The standard InChI is InChI=1S/C22H26F3NO10S2/c1-13-18(35-20(27)33-8-10-37(3,29)30)17(15-6-5-7-16(12-15)22(23,24)25)19(14(2)26-13)36-21(28)34-9-11-38(4,31)32/h5-7,12,17,26H,8-11H2,1-4H3. The van der Waals surface area contributed by atoms with Gasteiger partial charge in [0.05, 0.1) is 28.5 Å². The molecule has 1 heterocycles. The van der Waals surface area contributed by atoms with E-state index in [0.717, 1.165) is 30.7 Å². The molecule has 0 fully saturated rings. The molecule has 2 rings (SSSR count). The van der Waals surface area contributed by atoms with Crippen LogP contribution in [0.3, 0.4) is 0 Å². The second-order valence-corrected chi connectivity index (χ2v) is 12.8. The average molecular weight is 586 g/mol. The molecule has 0 unspecified atom stereocenters. The maximum Gasteiger partial charge on any atom is 0.513 e. The molecule has 0 amide bonds. The van der Waals surface area contributed by atoms with Crippen LogP contribution >= 0.6 is 0 Å². The van der Waals surface area contributed by atoms with Gasteiger partial charge in [0, 0.05) is 12.5 Å². The third kappa shape index (κ3) is 9.55. The summed E-state index contributed by atoms with van der Waals surface area (Å²) in [4.78, 5) is 24.6. The number of hydrogen-bond donors (Lipinski definition) is 1. The van der Waals surface area contributed by atoms with E-state index in [9.17, 15) is 39.6 Å². The van der Waals surface area contributed by atoms with E-state index in [1.165, 1.54) is 19.9 Å². The summed E-state index contributed by atoms with van der Waals surface area (Å²) in [7, 11) is -6.93. The highest BCUT2D eigenvalue weighted by Crippen LogP contribution is 2.41. The lowest BCUT2D eigenvalue weighted by Gasteiger charge is -2.30. The van der Waals surface area contributed by atoms with Gasteiger partial charge in [0.1, 0.15) is 30.6 Å². The van der Waals surface area contributed by atoms with E-state index in [-0.39, 0.29) is 28.5 Å². The minimum absolute atomic E-state index is 0.0853. The zero-order valence-electron chi connectivity index (χ0n) is 20.7. The van der Waals surface area contributed by atoms with Gasteiger partial charge >= 0.3 is 18.5 Å². The third-order valence-corrected chi connectivity index (χ3v) is 6.74. The first-order valence-electron chi connectivity index (χ1n) is 10.8. The molecular formula is C22H26F3NO10S2. The van der Waals surface area contributed by atoms with Gasteiger partial charge < -0.3 is 24.3 Å². The molecule has 1 aliphatic rings. The Morgan fingerprint density at radius 2 is 1.32 bits per heavy atom. The topological polar surface area (TPSA) is 151 Å². The molecule has 1 aliphatic heterocycles. The lowest BCUT2D eigenvalue weighted by molar-refractivity contribution is -0.137. The zero-order valence-corrected chi connectivity index (χ0v) is 22.4. The second-order valence-electron chi connectivity index (χ2n) is 8.32. The van der Waals surface area contributed by atoms with Gasteiger partial charge in [-0.3, -0.25) is 0 Å². The summed E-state index contributed by atoms with van der Waals surface area (Å²) in [6.07, 6.45) is -5.57. The predicted octanol–water partition coefficient (Wildman–Crippen LogP) is 3.25. The average Bonchev–Trinajstić information content (AvgIpc) is 2.74. The maximum atomic E-state index is 13.4. The van der Waals surface area contributed by atoms with E-state index in [0.29, 0.717) is 0 Å².